The molecule has 1 aliphatic rings. The Labute approximate surface area is 194 Å². The minimum Gasteiger partial charge on any atom is -0.340 e. The molecule has 0 saturated carbocycles. The van der Waals surface area contributed by atoms with Gasteiger partial charge in [-0.15, -0.1) is 0 Å². The van der Waals surface area contributed by atoms with Crippen LogP contribution in [-0.2, 0) is 4.79 Å². The van der Waals surface area contributed by atoms with Gasteiger partial charge in [0.2, 0.25) is 17.6 Å². The second-order valence-corrected chi connectivity index (χ2v) is 8.66. The van der Waals surface area contributed by atoms with Crippen molar-refractivity contribution in [3.63, 3.8) is 0 Å². The monoisotopic (exact) mass is 446 g/mol. The van der Waals surface area contributed by atoms with E-state index in [9.17, 15) is 9.59 Å². The summed E-state index contributed by atoms with van der Waals surface area (Å²) >= 11 is 0. The number of benzene rings is 2. The highest BCUT2D eigenvalue weighted by Crippen LogP contribution is 2.24. The van der Waals surface area contributed by atoms with Gasteiger partial charge in [0.25, 0.3) is 0 Å². The van der Waals surface area contributed by atoms with Crippen molar-refractivity contribution < 1.29 is 14.1 Å². The first-order valence-electron chi connectivity index (χ1n) is 11.4. The number of carbonyl (C=O) groups is 2. The molecule has 33 heavy (non-hydrogen) atoms. The molecular formula is C26H30N4O3. The van der Waals surface area contributed by atoms with E-state index < -0.39 is 0 Å². The fourth-order valence-electron chi connectivity index (χ4n) is 4.17. The van der Waals surface area contributed by atoms with Crippen molar-refractivity contribution in [3.8, 4) is 11.4 Å². The van der Waals surface area contributed by atoms with Crippen molar-refractivity contribution in [1.82, 2.24) is 19.9 Å². The lowest BCUT2D eigenvalue weighted by Gasteiger charge is -2.36. The smallest absolute Gasteiger partial charge is 0.244 e. The number of rotatable bonds is 7. The zero-order chi connectivity index (χ0) is 23.4. The first-order valence-corrected chi connectivity index (χ1v) is 11.4. The molecule has 1 aliphatic heterocycles. The summed E-state index contributed by atoms with van der Waals surface area (Å²) in [5, 5.41) is 4.11. The standard InChI is InChI=1S/C26H30N4O3/c1-18-9-10-19(2)22(17-18)23(31)11-12-24(32)30-15-13-29(14-16-30)20(3)26-27-25(28-33-26)21-7-5-4-6-8-21/h4-10,17,20H,11-16H2,1-3H3. The molecule has 2 aromatic carbocycles. The topological polar surface area (TPSA) is 79.5 Å². The molecule has 1 saturated heterocycles. The van der Waals surface area contributed by atoms with Gasteiger partial charge in [0.15, 0.2) is 5.78 Å². The van der Waals surface area contributed by atoms with Gasteiger partial charge >= 0.3 is 0 Å². The van der Waals surface area contributed by atoms with E-state index in [0.717, 1.165) is 35.3 Å². The molecule has 7 heteroatoms. The summed E-state index contributed by atoms with van der Waals surface area (Å²) in [5.41, 5.74) is 3.65. The zero-order valence-electron chi connectivity index (χ0n) is 19.5. The van der Waals surface area contributed by atoms with E-state index in [0.29, 0.717) is 24.8 Å². The van der Waals surface area contributed by atoms with Gasteiger partial charge in [-0.25, -0.2) is 0 Å². The minimum absolute atomic E-state index is 0.0295. The van der Waals surface area contributed by atoms with Crippen molar-refractivity contribution in [2.45, 2.75) is 39.7 Å². The number of amides is 1. The summed E-state index contributed by atoms with van der Waals surface area (Å²) < 4.78 is 5.51. The highest BCUT2D eigenvalue weighted by Gasteiger charge is 2.28. The number of aromatic nitrogens is 2. The molecule has 0 bridgehead atoms. The fourth-order valence-corrected chi connectivity index (χ4v) is 4.17. The number of hydrogen-bond donors (Lipinski definition) is 0. The molecule has 172 valence electrons. The van der Waals surface area contributed by atoms with Crippen molar-refractivity contribution in [2.24, 2.45) is 0 Å². The fraction of sp³-hybridized carbons (Fsp3) is 0.385. The van der Waals surface area contributed by atoms with Crippen LogP contribution in [-0.4, -0.2) is 57.8 Å². The molecule has 1 unspecified atom stereocenters. The van der Waals surface area contributed by atoms with Crippen LogP contribution >= 0.6 is 0 Å². The van der Waals surface area contributed by atoms with Crippen LogP contribution < -0.4 is 0 Å². The summed E-state index contributed by atoms with van der Waals surface area (Å²) in [7, 11) is 0. The second-order valence-electron chi connectivity index (χ2n) is 8.66. The van der Waals surface area contributed by atoms with Gasteiger partial charge < -0.3 is 9.42 Å². The number of carbonyl (C=O) groups excluding carboxylic acids is 2. The molecule has 1 fully saturated rings. The largest absolute Gasteiger partial charge is 0.340 e. The van der Waals surface area contributed by atoms with Gasteiger partial charge in [-0.05, 0) is 32.4 Å². The number of Topliss-reactive ketones (excluding diaryl/α,β-unsaturated/α-hetero) is 1. The number of nitrogens with zero attached hydrogens (tertiary/aromatic N) is 4. The Hall–Kier alpha value is -3.32. The minimum atomic E-state index is -0.0295. The molecule has 7 nitrogen and oxygen atoms in total. The van der Waals surface area contributed by atoms with Crippen LogP contribution in [0.5, 0.6) is 0 Å². The summed E-state index contributed by atoms with van der Waals surface area (Å²) in [5.74, 6) is 1.22. The number of ketones is 1. The van der Waals surface area contributed by atoms with Crippen LogP contribution in [0.1, 0.15) is 53.2 Å². The zero-order valence-corrected chi connectivity index (χ0v) is 19.5. The first kappa shape index (κ1) is 22.9. The number of hydrogen-bond acceptors (Lipinski definition) is 6. The Balaban J connectivity index is 1.28. The molecule has 0 spiro atoms. The Morgan fingerprint density at radius 1 is 1.00 bits per heavy atom. The van der Waals surface area contributed by atoms with Crippen LogP contribution in [0.4, 0.5) is 0 Å². The summed E-state index contributed by atoms with van der Waals surface area (Å²) in [6.07, 6.45) is 0.482. The average Bonchev–Trinajstić information content (AvgIpc) is 3.34. The van der Waals surface area contributed by atoms with E-state index >= 15 is 0 Å². The van der Waals surface area contributed by atoms with Gasteiger partial charge in [0.05, 0.1) is 6.04 Å². The predicted octanol–water partition coefficient (Wildman–Crippen LogP) is 4.22. The molecule has 0 aliphatic carbocycles. The van der Waals surface area contributed by atoms with Crippen LogP contribution in [0.2, 0.25) is 0 Å². The number of piperazine rings is 1. The quantitative estimate of drug-likeness (QED) is 0.506. The van der Waals surface area contributed by atoms with Gasteiger partial charge in [0.1, 0.15) is 0 Å². The van der Waals surface area contributed by atoms with Crippen molar-refractivity contribution in [3.05, 3.63) is 71.1 Å². The van der Waals surface area contributed by atoms with E-state index in [1.165, 1.54) is 0 Å². The Kier molecular flexibility index (Phi) is 6.99. The summed E-state index contributed by atoms with van der Waals surface area (Å²) in [4.78, 5) is 34.0. The Bertz CT molecular complexity index is 1120. The van der Waals surface area contributed by atoms with Crippen molar-refractivity contribution in [2.75, 3.05) is 26.2 Å². The van der Waals surface area contributed by atoms with Crippen LogP contribution in [0.3, 0.4) is 0 Å². The molecular weight excluding hydrogens is 416 g/mol. The maximum absolute atomic E-state index is 12.7. The SMILES string of the molecule is Cc1ccc(C)c(C(=O)CCC(=O)N2CCN(C(C)c3nc(-c4ccccc4)no3)CC2)c1. The number of aryl methyl sites for hydroxylation is 2. The molecule has 1 atom stereocenters. The lowest BCUT2D eigenvalue weighted by atomic mass is 9.99. The van der Waals surface area contributed by atoms with Gasteiger partial charge in [-0.1, -0.05) is 53.2 Å². The molecule has 0 radical (unpaired) electrons. The van der Waals surface area contributed by atoms with E-state index in [-0.39, 0.29) is 30.6 Å². The Morgan fingerprint density at radius 3 is 2.45 bits per heavy atom. The Morgan fingerprint density at radius 2 is 1.73 bits per heavy atom. The third kappa shape index (κ3) is 5.37. The summed E-state index contributed by atoms with van der Waals surface area (Å²) in [6, 6.07) is 15.6. The van der Waals surface area contributed by atoms with Gasteiger partial charge in [0, 0.05) is 50.1 Å². The van der Waals surface area contributed by atoms with Gasteiger partial charge in [-0.2, -0.15) is 4.98 Å². The van der Waals surface area contributed by atoms with Crippen LogP contribution in [0.25, 0.3) is 11.4 Å². The van der Waals surface area contributed by atoms with Crippen LogP contribution in [0.15, 0.2) is 53.1 Å². The van der Waals surface area contributed by atoms with Crippen molar-refractivity contribution >= 4 is 11.7 Å². The normalized spacial score (nSPS) is 15.4. The average molecular weight is 447 g/mol. The van der Waals surface area contributed by atoms with E-state index in [1.54, 1.807) is 0 Å². The lowest BCUT2D eigenvalue weighted by molar-refractivity contribution is -0.133. The second kappa shape index (κ2) is 10.1. The molecule has 1 aromatic heterocycles. The highest BCUT2D eigenvalue weighted by molar-refractivity contribution is 5.99. The van der Waals surface area contributed by atoms with Crippen LogP contribution in [0, 0.1) is 13.8 Å². The molecule has 0 N–H and O–H groups in total. The maximum Gasteiger partial charge on any atom is 0.244 e. The molecule has 2 heterocycles. The first-order chi connectivity index (χ1) is 15.9. The molecule has 4 rings (SSSR count). The highest BCUT2D eigenvalue weighted by atomic mass is 16.5. The molecule has 3 aromatic rings. The van der Waals surface area contributed by atoms with E-state index in [1.807, 2.05) is 74.2 Å². The summed E-state index contributed by atoms with van der Waals surface area (Å²) in [6.45, 7) is 8.64. The maximum atomic E-state index is 12.7. The van der Waals surface area contributed by atoms with E-state index in [2.05, 4.69) is 15.0 Å². The van der Waals surface area contributed by atoms with E-state index in [4.69, 9.17) is 4.52 Å². The molecule has 1 amide bonds. The third-order valence-corrected chi connectivity index (χ3v) is 6.31. The lowest BCUT2D eigenvalue weighted by Crippen LogP contribution is -2.49. The predicted molar refractivity (Wildman–Crippen MR) is 126 cm³/mol. The third-order valence-electron chi connectivity index (χ3n) is 6.31. The van der Waals surface area contributed by atoms with Gasteiger partial charge in [-0.3, -0.25) is 14.5 Å². The van der Waals surface area contributed by atoms with Crippen molar-refractivity contribution in [1.29, 1.82) is 0 Å².